The molecule has 3 aromatic rings. The molecule has 0 aliphatic carbocycles. The van der Waals surface area contributed by atoms with Crippen molar-refractivity contribution >= 4 is 23.0 Å². The van der Waals surface area contributed by atoms with Crippen LogP contribution in [0.4, 0.5) is 8.78 Å². The number of hydrogen-bond acceptors (Lipinski definition) is 4. The molecule has 1 amide bonds. The average molecular weight is 399 g/mol. The van der Waals surface area contributed by atoms with Crippen LogP contribution in [0.25, 0.3) is 10.8 Å². The Labute approximate surface area is 166 Å². The molecule has 0 unspecified atom stereocenters. The summed E-state index contributed by atoms with van der Waals surface area (Å²) in [5.74, 6) is 0.107. The number of fused-ring (bicyclic) bond motifs is 1. The van der Waals surface area contributed by atoms with E-state index >= 15 is 0 Å². The maximum atomic E-state index is 12.4. The van der Waals surface area contributed by atoms with Gasteiger partial charge in [-0.15, -0.1) is 0 Å². The highest BCUT2D eigenvalue weighted by atomic mass is 19.3. The van der Waals surface area contributed by atoms with Crippen molar-refractivity contribution < 1.29 is 27.8 Å². The molecule has 0 bridgehead atoms. The molecule has 0 aliphatic rings. The average Bonchev–Trinajstić information content (AvgIpc) is 2.72. The minimum absolute atomic E-state index is 0.0544. The minimum atomic E-state index is -2.88. The molecule has 0 N–H and O–H groups in total. The maximum absolute atomic E-state index is 12.4. The quantitative estimate of drug-likeness (QED) is 0.530. The third-order valence-corrected chi connectivity index (χ3v) is 4.39. The molecular weight excluding hydrogens is 380 g/mol. The van der Waals surface area contributed by atoms with Gasteiger partial charge in [0.25, 0.3) is 5.91 Å². The number of carbonyl (C=O) groups is 2. The summed E-state index contributed by atoms with van der Waals surface area (Å²) in [6.07, 6.45) is 0.717. The molecule has 0 aromatic heterocycles. The first-order chi connectivity index (χ1) is 14.0. The number of amides is 1. The topological polar surface area (TPSA) is 55.8 Å². The third-order valence-electron chi connectivity index (χ3n) is 4.39. The summed E-state index contributed by atoms with van der Waals surface area (Å²) < 4.78 is 34.3. The van der Waals surface area contributed by atoms with Crippen molar-refractivity contribution in [1.29, 1.82) is 0 Å². The number of ether oxygens (including phenoxy) is 2. The van der Waals surface area contributed by atoms with Crippen LogP contribution in [0.5, 0.6) is 11.5 Å². The Morgan fingerprint density at radius 3 is 2.48 bits per heavy atom. The summed E-state index contributed by atoms with van der Waals surface area (Å²) in [6, 6.07) is 17.0. The van der Waals surface area contributed by atoms with Gasteiger partial charge < -0.3 is 14.4 Å². The fourth-order valence-electron chi connectivity index (χ4n) is 2.91. The summed E-state index contributed by atoms with van der Waals surface area (Å²) in [4.78, 5) is 25.4. The summed E-state index contributed by atoms with van der Waals surface area (Å²) in [6.45, 7) is -2.84. The van der Waals surface area contributed by atoms with E-state index in [0.29, 0.717) is 11.3 Å². The Morgan fingerprint density at radius 1 is 1.07 bits per heavy atom. The van der Waals surface area contributed by atoms with Crippen molar-refractivity contribution in [3.8, 4) is 11.5 Å². The highest BCUT2D eigenvalue weighted by Gasteiger charge is 2.14. The maximum Gasteiger partial charge on any atom is 0.387 e. The van der Waals surface area contributed by atoms with Gasteiger partial charge in [0.15, 0.2) is 12.9 Å². The zero-order valence-corrected chi connectivity index (χ0v) is 15.7. The standard InChI is InChI=1S/C22H19F2NO4/c1-25(12-15-6-9-17(10-7-15)29-22(23)24)21(27)14-28-20-11-8-16-4-2-3-5-18(16)19(20)13-26/h2-11,13,22H,12,14H2,1H3. The van der Waals surface area contributed by atoms with E-state index in [9.17, 15) is 18.4 Å². The number of likely N-dealkylation sites (N-methyl/N-ethyl adjacent to an activating group) is 1. The Hall–Kier alpha value is -3.48. The smallest absolute Gasteiger partial charge is 0.387 e. The highest BCUT2D eigenvalue weighted by Crippen LogP contribution is 2.26. The van der Waals surface area contributed by atoms with Gasteiger partial charge in [0.05, 0.1) is 5.56 Å². The van der Waals surface area contributed by atoms with Crippen molar-refractivity contribution in [3.63, 3.8) is 0 Å². The largest absolute Gasteiger partial charge is 0.483 e. The summed E-state index contributed by atoms with van der Waals surface area (Å²) in [7, 11) is 1.61. The second kappa shape index (κ2) is 9.14. The van der Waals surface area contributed by atoms with Crippen LogP contribution in [0.1, 0.15) is 15.9 Å². The Bertz CT molecular complexity index is 1010. The van der Waals surface area contributed by atoms with E-state index in [1.165, 1.54) is 17.0 Å². The van der Waals surface area contributed by atoms with Crippen LogP contribution in [0, 0.1) is 0 Å². The molecule has 7 heteroatoms. The van der Waals surface area contributed by atoms with E-state index in [0.717, 1.165) is 22.6 Å². The van der Waals surface area contributed by atoms with Gasteiger partial charge in [-0.25, -0.2) is 0 Å². The molecule has 150 valence electrons. The number of rotatable bonds is 8. The second-order valence-corrected chi connectivity index (χ2v) is 6.38. The number of carbonyl (C=O) groups excluding carboxylic acids is 2. The highest BCUT2D eigenvalue weighted by molar-refractivity contribution is 6.00. The van der Waals surface area contributed by atoms with Gasteiger partial charge in [0.2, 0.25) is 0 Å². The van der Waals surface area contributed by atoms with Crippen LogP contribution < -0.4 is 9.47 Å². The lowest BCUT2D eigenvalue weighted by atomic mass is 10.0. The SMILES string of the molecule is CN(Cc1ccc(OC(F)F)cc1)C(=O)COc1ccc2ccccc2c1C=O. The molecule has 3 rings (SSSR count). The zero-order chi connectivity index (χ0) is 20.8. The molecule has 3 aromatic carbocycles. The molecule has 0 heterocycles. The molecule has 0 saturated carbocycles. The number of alkyl halides is 2. The van der Waals surface area contributed by atoms with Gasteiger partial charge in [0, 0.05) is 13.6 Å². The number of benzene rings is 3. The van der Waals surface area contributed by atoms with Crippen LogP contribution in [-0.2, 0) is 11.3 Å². The van der Waals surface area contributed by atoms with Crippen molar-refractivity contribution in [1.82, 2.24) is 4.90 Å². The zero-order valence-electron chi connectivity index (χ0n) is 15.7. The van der Waals surface area contributed by atoms with Crippen molar-refractivity contribution in [2.75, 3.05) is 13.7 Å². The molecule has 0 spiro atoms. The predicted molar refractivity (Wildman–Crippen MR) is 104 cm³/mol. The molecular formula is C22H19F2NO4. The van der Waals surface area contributed by atoms with Crippen LogP contribution in [0.15, 0.2) is 60.7 Å². The van der Waals surface area contributed by atoms with Crippen molar-refractivity contribution in [2.45, 2.75) is 13.2 Å². The lowest BCUT2D eigenvalue weighted by Gasteiger charge is -2.18. The van der Waals surface area contributed by atoms with Crippen LogP contribution in [0.2, 0.25) is 0 Å². The van der Waals surface area contributed by atoms with Gasteiger partial charge in [0.1, 0.15) is 11.5 Å². The Kier molecular flexibility index (Phi) is 6.39. The molecule has 5 nitrogen and oxygen atoms in total. The minimum Gasteiger partial charge on any atom is -0.483 e. The van der Waals surface area contributed by atoms with Crippen LogP contribution in [0.3, 0.4) is 0 Å². The number of halogens is 2. The fourth-order valence-corrected chi connectivity index (χ4v) is 2.91. The van der Waals surface area contributed by atoms with Gasteiger partial charge in [-0.1, -0.05) is 42.5 Å². The molecule has 29 heavy (non-hydrogen) atoms. The molecule has 0 atom stereocenters. The van der Waals surface area contributed by atoms with Gasteiger partial charge in [-0.3, -0.25) is 9.59 Å². The first-order valence-corrected chi connectivity index (χ1v) is 8.85. The van der Waals surface area contributed by atoms with E-state index in [1.54, 1.807) is 25.2 Å². The molecule has 0 radical (unpaired) electrons. The number of hydrogen-bond donors (Lipinski definition) is 0. The Morgan fingerprint density at radius 2 is 1.79 bits per heavy atom. The van der Waals surface area contributed by atoms with E-state index in [4.69, 9.17) is 4.74 Å². The third kappa shape index (κ3) is 5.07. The molecule has 0 saturated heterocycles. The van der Waals surface area contributed by atoms with Crippen molar-refractivity contribution in [3.05, 3.63) is 71.8 Å². The molecule has 0 fully saturated rings. The fraction of sp³-hybridized carbons (Fsp3) is 0.182. The lowest BCUT2D eigenvalue weighted by molar-refractivity contribution is -0.132. The predicted octanol–water partition coefficient (Wildman–Crippen LogP) is 4.29. The summed E-state index contributed by atoms with van der Waals surface area (Å²) >= 11 is 0. The summed E-state index contributed by atoms with van der Waals surface area (Å²) in [5.41, 5.74) is 1.15. The van der Waals surface area contributed by atoms with Crippen LogP contribution >= 0.6 is 0 Å². The van der Waals surface area contributed by atoms with Gasteiger partial charge in [-0.05, 0) is 34.5 Å². The normalized spacial score (nSPS) is 10.8. The second-order valence-electron chi connectivity index (χ2n) is 6.38. The van der Waals surface area contributed by atoms with E-state index in [1.807, 2.05) is 30.3 Å². The van der Waals surface area contributed by atoms with Crippen LogP contribution in [-0.4, -0.2) is 37.4 Å². The molecule has 0 aliphatic heterocycles. The monoisotopic (exact) mass is 399 g/mol. The van der Waals surface area contributed by atoms with E-state index in [2.05, 4.69) is 4.74 Å². The van der Waals surface area contributed by atoms with E-state index in [-0.39, 0.29) is 24.8 Å². The van der Waals surface area contributed by atoms with Crippen molar-refractivity contribution in [2.24, 2.45) is 0 Å². The number of nitrogens with zero attached hydrogens (tertiary/aromatic N) is 1. The van der Waals surface area contributed by atoms with Gasteiger partial charge in [-0.2, -0.15) is 8.78 Å². The Balaban J connectivity index is 1.62. The first kappa shape index (κ1) is 20.3. The van der Waals surface area contributed by atoms with Gasteiger partial charge >= 0.3 is 6.61 Å². The lowest BCUT2D eigenvalue weighted by Crippen LogP contribution is -2.31. The first-order valence-electron chi connectivity index (χ1n) is 8.85. The van der Waals surface area contributed by atoms with E-state index < -0.39 is 6.61 Å². The summed E-state index contributed by atoms with van der Waals surface area (Å²) in [5, 5.41) is 1.66. The number of aldehydes is 1.